The van der Waals surface area contributed by atoms with Crippen molar-refractivity contribution >= 4 is 18.1 Å². The zero-order chi connectivity index (χ0) is 7.84. The topological polar surface area (TPSA) is 30.2 Å². The van der Waals surface area contributed by atoms with E-state index in [2.05, 4.69) is 23.9 Å². The molecule has 12 heavy (non-hydrogen) atoms. The molecule has 0 saturated carbocycles. The lowest BCUT2D eigenvalue weighted by Crippen LogP contribution is -1.91. The van der Waals surface area contributed by atoms with Gasteiger partial charge in [0.15, 0.2) is 5.65 Å². The zero-order valence-electron chi connectivity index (χ0n) is 6.98. The first-order chi connectivity index (χ1) is 5.29. The number of hydrogen-bond donors (Lipinski definition) is 0. The van der Waals surface area contributed by atoms with Crippen LogP contribution in [0, 0.1) is 13.8 Å². The van der Waals surface area contributed by atoms with Gasteiger partial charge in [0.2, 0.25) is 0 Å². The molecule has 3 nitrogen and oxygen atoms in total. The summed E-state index contributed by atoms with van der Waals surface area (Å²) in [4.78, 5) is 4.13. The first-order valence-electron chi connectivity index (χ1n) is 3.54. The highest BCUT2D eigenvalue weighted by Crippen LogP contribution is 2.10. The fourth-order valence-corrected chi connectivity index (χ4v) is 1.11. The molecule has 0 aliphatic heterocycles. The third-order valence-electron chi connectivity index (χ3n) is 1.97. The molecule has 0 amide bonds. The standard InChI is InChI=1S/C8H9N3.ClH/c1-6-3-4-11-8(7(6)2)9-5-10-11;/h3-5H,1-2H3;1H. The number of halogens is 1. The van der Waals surface area contributed by atoms with E-state index < -0.39 is 0 Å². The summed E-state index contributed by atoms with van der Waals surface area (Å²) in [5, 5.41) is 4.03. The SMILES string of the molecule is Cc1ccn2ncnc2c1C.Cl. The Kier molecular flexibility index (Phi) is 2.33. The summed E-state index contributed by atoms with van der Waals surface area (Å²) in [6.07, 6.45) is 3.49. The first-order valence-corrected chi connectivity index (χ1v) is 3.54. The average Bonchev–Trinajstić information content (AvgIpc) is 2.45. The third-order valence-corrected chi connectivity index (χ3v) is 1.97. The van der Waals surface area contributed by atoms with Crippen molar-refractivity contribution in [1.82, 2.24) is 14.6 Å². The lowest BCUT2D eigenvalue weighted by Gasteiger charge is -1.98. The van der Waals surface area contributed by atoms with Crippen LogP contribution in [0.15, 0.2) is 18.6 Å². The molecule has 2 aromatic heterocycles. The Hall–Kier alpha value is -1.09. The Morgan fingerprint density at radius 2 is 2.08 bits per heavy atom. The number of nitrogens with zero attached hydrogens (tertiary/aromatic N) is 3. The molecule has 0 spiro atoms. The van der Waals surface area contributed by atoms with Gasteiger partial charge < -0.3 is 0 Å². The van der Waals surface area contributed by atoms with Crippen molar-refractivity contribution in [2.24, 2.45) is 0 Å². The third kappa shape index (κ3) is 1.16. The molecule has 0 aromatic carbocycles. The Labute approximate surface area is 76.8 Å². The van der Waals surface area contributed by atoms with Crippen molar-refractivity contribution in [1.29, 1.82) is 0 Å². The maximum absolute atomic E-state index is 4.13. The van der Waals surface area contributed by atoms with E-state index in [0.29, 0.717) is 0 Å². The van der Waals surface area contributed by atoms with E-state index in [-0.39, 0.29) is 12.4 Å². The number of fused-ring (bicyclic) bond motifs is 1. The Bertz CT molecular complexity index is 394. The highest BCUT2D eigenvalue weighted by molar-refractivity contribution is 5.85. The van der Waals surface area contributed by atoms with Gasteiger partial charge in [0.05, 0.1) is 0 Å². The summed E-state index contributed by atoms with van der Waals surface area (Å²) in [5.41, 5.74) is 3.40. The molecule has 2 rings (SSSR count). The van der Waals surface area contributed by atoms with Crippen LogP contribution >= 0.6 is 12.4 Å². The molecule has 4 heteroatoms. The number of aryl methyl sites for hydroxylation is 2. The van der Waals surface area contributed by atoms with Crippen LogP contribution in [-0.4, -0.2) is 14.6 Å². The summed E-state index contributed by atoms with van der Waals surface area (Å²) in [5.74, 6) is 0. The van der Waals surface area contributed by atoms with Crippen LogP contribution in [0.4, 0.5) is 0 Å². The lowest BCUT2D eigenvalue weighted by atomic mass is 10.2. The molecule has 64 valence electrons. The highest BCUT2D eigenvalue weighted by atomic mass is 35.5. The van der Waals surface area contributed by atoms with E-state index >= 15 is 0 Å². The van der Waals surface area contributed by atoms with Gasteiger partial charge in [0.25, 0.3) is 0 Å². The predicted octanol–water partition coefficient (Wildman–Crippen LogP) is 1.77. The van der Waals surface area contributed by atoms with Gasteiger partial charge in [-0.2, -0.15) is 5.10 Å². The maximum Gasteiger partial charge on any atom is 0.158 e. The van der Waals surface area contributed by atoms with Gasteiger partial charge in [-0.3, -0.25) is 0 Å². The van der Waals surface area contributed by atoms with Gasteiger partial charge in [0, 0.05) is 6.20 Å². The number of aromatic nitrogens is 3. The fourth-order valence-electron chi connectivity index (χ4n) is 1.11. The average molecular weight is 184 g/mol. The summed E-state index contributed by atoms with van der Waals surface area (Å²) in [7, 11) is 0. The monoisotopic (exact) mass is 183 g/mol. The largest absolute Gasteiger partial charge is 0.221 e. The Morgan fingerprint density at radius 1 is 1.33 bits per heavy atom. The van der Waals surface area contributed by atoms with E-state index in [1.807, 2.05) is 12.3 Å². The molecule has 0 bridgehead atoms. The molecule has 0 saturated heterocycles. The number of rotatable bonds is 0. The summed E-state index contributed by atoms with van der Waals surface area (Å²) >= 11 is 0. The summed E-state index contributed by atoms with van der Waals surface area (Å²) in [6, 6.07) is 2.04. The van der Waals surface area contributed by atoms with Crippen LogP contribution in [0.2, 0.25) is 0 Å². The molecule has 2 aromatic rings. The molecular weight excluding hydrogens is 174 g/mol. The summed E-state index contributed by atoms with van der Waals surface area (Å²) in [6.45, 7) is 4.13. The van der Waals surface area contributed by atoms with Crippen molar-refractivity contribution < 1.29 is 0 Å². The molecule has 0 aliphatic rings. The van der Waals surface area contributed by atoms with E-state index in [9.17, 15) is 0 Å². The molecule has 0 fully saturated rings. The van der Waals surface area contributed by atoms with Crippen LogP contribution in [0.5, 0.6) is 0 Å². The smallest absolute Gasteiger partial charge is 0.158 e. The van der Waals surface area contributed by atoms with Gasteiger partial charge in [-0.15, -0.1) is 12.4 Å². The van der Waals surface area contributed by atoms with Crippen molar-refractivity contribution in [3.05, 3.63) is 29.7 Å². The van der Waals surface area contributed by atoms with E-state index in [0.717, 1.165) is 5.65 Å². The second-order valence-electron chi connectivity index (χ2n) is 2.65. The van der Waals surface area contributed by atoms with Crippen molar-refractivity contribution in [2.75, 3.05) is 0 Å². The molecule has 0 radical (unpaired) electrons. The minimum Gasteiger partial charge on any atom is -0.221 e. The van der Waals surface area contributed by atoms with Gasteiger partial charge >= 0.3 is 0 Å². The van der Waals surface area contributed by atoms with Gasteiger partial charge in [0.1, 0.15) is 6.33 Å². The van der Waals surface area contributed by atoms with Crippen molar-refractivity contribution in [3.8, 4) is 0 Å². The van der Waals surface area contributed by atoms with Gasteiger partial charge in [-0.05, 0) is 31.0 Å². The van der Waals surface area contributed by atoms with Gasteiger partial charge in [-0.1, -0.05) is 0 Å². The maximum atomic E-state index is 4.13. The lowest BCUT2D eigenvalue weighted by molar-refractivity contribution is 0.951. The van der Waals surface area contributed by atoms with Crippen molar-refractivity contribution in [3.63, 3.8) is 0 Å². The normalized spacial score (nSPS) is 9.83. The number of hydrogen-bond acceptors (Lipinski definition) is 2. The predicted molar refractivity (Wildman–Crippen MR) is 49.7 cm³/mol. The minimum atomic E-state index is 0. The van der Waals surface area contributed by atoms with Crippen molar-refractivity contribution in [2.45, 2.75) is 13.8 Å². The molecule has 0 unspecified atom stereocenters. The highest BCUT2D eigenvalue weighted by Gasteiger charge is 2.00. The summed E-state index contributed by atoms with van der Waals surface area (Å²) < 4.78 is 1.78. The first kappa shape index (κ1) is 9.00. The van der Waals surface area contributed by atoms with E-state index in [1.165, 1.54) is 11.1 Å². The molecule has 2 heterocycles. The van der Waals surface area contributed by atoms with Gasteiger partial charge in [-0.25, -0.2) is 9.50 Å². The second kappa shape index (κ2) is 3.11. The van der Waals surface area contributed by atoms with Crippen LogP contribution in [0.3, 0.4) is 0 Å². The second-order valence-corrected chi connectivity index (χ2v) is 2.65. The van der Waals surface area contributed by atoms with Crippen LogP contribution in [0.25, 0.3) is 5.65 Å². The van der Waals surface area contributed by atoms with Crippen LogP contribution < -0.4 is 0 Å². The number of pyridine rings is 1. The minimum absolute atomic E-state index is 0. The Balaban J connectivity index is 0.000000720. The molecule has 0 N–H and O–H groups in total. The quantitative estimate of drug-likeness (QED) is 0.623. The van der Waals surface area contributed by atoms with Crippen LogP contribution in [0.1, 0.15) is 11.1 Å². The van der Waals surface area contributed by atoms with E-state index in [1.54, 1.807) is 10.8 Å². The molecular formula is C8H10ClN3. The fraction of sp³-hybridized carbons (Fsp3) is 0.250. The van der Waals surface area contributed by atoms with Crippen LogP contribution in [-0.2, 0) is 0 Å². The molecule has 0 atom stereocenters. The zero-order valence-corrected chi connectivity index (χ0v) is 7.80. The van der Waals surface area contributed by atoms with E-state index in [4.69, 9.17) is 0 Å². The molecule has 0 aliphatic carbocycles. The Morgan fingerprint density at radius 3 is 2.83 bits per heavy atom.